The van der Waals surface area contributed by atoms with Crippen LogP contribution in [0, 0.1) is 6.92 Å². The zero-order chi connectivity index (χ0) is 13.6. The minimum Gasteiger partial charge on any atom is -0.398 e. The zero-order valence-electron chi connectivity index (χ0n) is 12.2. The molecule has 96 valence electrons. The number of hydrogen-bond acceptors (Lipinski definition) is 2. The van der Waals surface area contributed by atoms with Gasteiger partial charge in [-0.3, -0.25) is 0 Å². The molecule has 2 nitrogen and oxygen atoms in total. The Balaban J connectivity index is 3.67. The van der Waals surface area contributed by atoms with Crippen LogP contribution >= 0.6 is 0 Å². The van der Waals surface area contributed by atoms with E-state index in [-0.39, 0.29) is 10.8 Å². The summed E-state index contributed by atoms with van der Waals surface area (Å²) in [7, 11) is 0. The Morgan fingerprint density at radius 1 is 0.824 bits per heavy atom. The predicted octanol–water partition coefficient (Wildman–Crippen LogP) is 3.75. The first kappa shape index (κ1) is 13.9. The molecule has 4 N–H and O–H groups in total. The maximum atomic E-state index is 6.35. The molecule has 0 unspecified atom stereocenters. The Morgan fingerprint density at radius 2 is 1.29 bits per heavy atom. The first-order valence-electron chi connectivity index (χ1n) is 6.15. The number of nitrogen functional groups attached to an aromatic ring is 2. The highest BCUT2D eigenvalue weighted by molar-refractivity contribution is 5.72. The summed E-state index contributed by atoms with van der Waals surface area (Å²) in [4.78, 5) is 0. The normalized spacial score (nSPS) is 12.9. The van der Waals surface area contributed by atoms with Crippen LogP contribution in [-0.4, -0.2) is 0 Å². The molecule has 0 aliphatic carbocycles. The lowest BCUT2D eigenvalue weighted by Gasteiger charge is -2.30. The van der Waals surface area contributed by atoms with Crippen LogP contribution in [0.25, 0.3) is 0 Å². The van der Waals surface area contributed by atoms with Crippen molar-refractivity contribution in [2.24, 2.45) is 0 Å². The standard InChI is InChI=1S/C15H26N2/c1-9-8-10(14(2,3)4)13(17)11(12(9)16)15(5,6)7/h8H,16-17H2,1-7H3. The fourth-order valence-corrected chi connectivity index (χ4v) is 2.28. The van der Waals surface area contributed by atoms with Gasteiger partial charge in [-0.15, -0.1) is 0 Å². The number of benzene rings is 1. The summed E-state index contributed by atoms with van der Waals surface area (Å²) in [6.07, 6.45) is 0. The van der Waals surface area contributed by atoms with Gasteiger partial charge in [0.15, 0.2) is 0 Å². The fraction of sp³-hybridized carbons (Fsp3) is 0.600. The van der Waals surface area contributed by atoms with E-state index in [2.05, 4.69) is 54.5 Å². The molecular weight excluding hydrogens is 208 g/mol. The van der Waals surface area contributed by atoms with Gasteiger partial charge in [0.25, 0.3) is 0 Å². The Hall–Kier alpha value is -1.18. The molecule has 1 aromatic rings. The van der Waals surface area contributed by atoms with Crippen molar-refractivity contribution < 1.29 is 0 Å². The van der Waals surface area contributed by atoms with Crippen LogP contribution in [0.5, 0.6) is 0 Å². The van der Waals surface area contributed by atoms with E-state index < -0.39 is 0 Å². The largest absolute Gasteiger partial charge is 0.398 e. The van der Waals surface area contributed by atoms with Gasteiger partial charge in [-0.1, -0.05) is 47.6 Å². The fourth-order valence-electron chi connectivity index (χ4n) is 2.28. The third-order valence-corrected chi connectivity index (χ3v) is 3.17. The van der Waals surface area contributed by atoms with Gasteiger partial charge in [0.2, 0.25) is 0 Å². The van der Waals surface area contributed by atoms with Gasteiger partial charge in [0.1, 0.15) is 0 Å². The summed E-state index contributed by atoms with van der Waals surface area (Å²) in [5, 5.41) is 0. The average molecular weight is 234 g/mol. The van der Waals surface area contributed by atoms with Gasteiger partial charge < -0.3 is 11.5 Å². The molecule has 17 heavy (non-hydrogen) atoms. The highest BCUT2D eigenvalue weighted by Gasteiger charge is 2.27. The van der Waals surface area contributed by atoms with Crippen molar-refractivity contribution >= 4 is 11.4 Å². The molecule has 0 heterocycles. The maximum Gasteiger partial charge on any atom is 0.0410 e. The molecule has 1 aromatic carbocycles. The number of hydrogen-bond donors (Lipinski definition) is 2. The lowest BCUT2D eigenvalue weighted by atomic mass is 9.77. The molecule has 0 bridgehead atoms. The minimum atomic E-state index is -0.0276. The van der Waals surface area contributed by atoms with Crippen LogP contribution in [0.15, 0.2) is 6.07 Å². The van der Waals surface area contributed by atoms with Gasteiger partial charge in [0.05, 0.1) is 0 Å². The molecule has 0 saturated heterocycles. The van der Waals surface area contributed by atoms with Crippen molar-refractivity contribution in [2.75, 3.05) is 11.5 Å². The Kier molecular flexibility index (Phi) is 3.21. The summed E-state index contributed by atoms with van der Waals surface area (Å²) in [6.45, 7) is 15.1. The topological polar surface area (TPSA) is 52.0 Å². The second-order valence-corrected chi connectivity index (χ2v) is 6.94. The lowest BCUT2D eigenvalue weighted by molar-refractivity contribution is 0.573. The molecule has 0 aromatic heterocycles. The first-order chi connectivity index (χ1) is 7.46. The monoisotopic (exact) mass is 234 g/mol. The molecule has 0 fully saturated rings. The Morgan fingerprint density at radius 3 is 1.65 bits per heavy atom. The van der Waals surface area contributed by atoms with Gasteiger partial charge >= 0.3 is 0 Å². The van der Waals surface area contributed by atoms with Gasteiger partial charge in [-0.25, -0.2) is 0 Å². The third-order valence-electron chi connectivity index (χ3n) is 3.17. The van der Waals surface area contributed by atoms with E-state index in [9.17, 15) is 0 Å². The molecule has 0 aliphatic heterocycles. The highest BCUT2D eigenvalue weighted by atomic mass is 14.7. The van der Waals surface area contributed by atoms with Gasteiger partial charge in [0, 0.05) is 16.9 Å². The molecule has 0 amide bonds. The number of nitrogens with two attached hydrogens (primary N) is 2. The van der Waals surface area contributed by atoms with Crippen molar-refractivity contribution in [3.63, 3.8) is 0 Å². The van der Waals surface area contributed by atoms with Gasteiger partial charge in [-0.05, 0) is 28.9 Å². The first-order valence-corrected chi connectivity index (χ1v) is 6.15. The SMILES string of the molecule is Cc1cc(C(C)(C)C)c(N)c(C(C)(C)C)c1N. The second kappa shape index (κ2) is 3.94. The highest BCUT2D eigenvalue weighted by Crippen LogP contribution is 2.40. The molecule has 1 rings (SSSR count). The quantitative estimate of drug-likeness (QED) is 0.672. The van der Waals surface area contributed by atoms with Crippen molar-refractivity contribution in [1.29, 1.82) is 0 Å². The summed E-state index contributed by atoms with van der Waals surface area (Å²) >= 11 is 0. The predicted molar refractivity (Wildman–Crippen MR) is 77.4 cm³/mol. The summed E-state index contributed by atoms with van der Waals surface area (Å²) in [6, 6.07) is 2.12. The van der Waals surface area contributed by atoms with Crippen LogP contribution in [0.3, 0.4) is 0 Å². The van der Waals surface area contributed by atoms with E-state index in [1.165, 1.54) is 5.56 Å². The van der Waals surface area contributed by atoms with Gasteiger partial charge in [-0.2, -0.15) is 0 Å². The molecule has 0 radical (unpaired) electrons. The van der Waals surface area contributed by atoms with Crippen molar-refractivity contribution in [3.05, 3.63) is 22.8 Å². The van der Waals surface area contributed by atoms with E-state index in [0.29, 0.717) is 0 Å². The molecular formula is C15H26N2. The minimum absolute atomic E-state index is 0.0276. The molecule has 2 heteroatoms. The zero-order valence-corrected chi connectivity index (χ0v) is 12.2. The van der Waals surface area contributed by atoms with Crippen LogP contribution in [-0.2, 0) is 10.8 Å². The van der Waals surface area contributed by atoms with E-state index in [0.717, 1.165) is 22.5 Å². The third kappa shape index (κ3) is 2.56. The van der Waals surface area contributed by atoms with Crippen molar-refractivity contribution in [1.82, 2.24) is 0 Å². The summed E-state index contributed by atoms with van der Waals surface area (Å²) in [5.41, 5.74) is 17.6. The number of anilines is 2. The Labute approximate surface area is 105 Å². The molecule has 0 aliphatic rings. The maximum absolute atomic E-state index is 6.35. The van der Waals surface area contributed by atoms with Crippen LogP contribution in [0.1, 0.15) is 58.2 Å². The smallest absolute Gasteiger partial charge is 0.0410 e. The molecule has 0 atom stereocenters. The van der Waals surface area contributed by atoms with Crippen molar-refractivity contribution in [2.45, 2.75) is 59.3 Å². The number of aryl methyl sites for hydroxylation is 1. The van der Waals surface area contributed by atoms with E-state index in [1.54, 1.807) is 0 Å². The van der Waals surface area contributed by atoms with E-state index in [1.807, 2.05) is 0 Å². The van der Waals surface area contributed by atoms with Crippen LogP contribution in [0.2, 0.25) is 0 Å². The van der Waals surface area contributed by atoms with Crippen molar-refractivity contribution in [3.8, 4) is 0 Å². The summed E-state index contributed by atoms with van der Waals surface area (Å²) in [5.74, 6) is 0. The van der Waals surface area contributed by atoms with Crippen LogP contribution < -0.4 is 11.5 Å². The molecule has 0 spiro atoms. The molecule has 0 saturated carbocycles. The van der Waals surface area contributed by atoms with Crippen LogP contribution in [0.4, 0.5) is 11.4 Å². The summed E-state index contributed by atoms with van der Waals surface area (Å²) < 4.78 is 0. The average Bonchev–Trinajstić information content (AvgIpc) is 2.07. The Bertz CT molecular complexity index is 432. The van der Waals surface area contributed by atoms with E-state index >= 15 is 0 Å². The van der Waals surface area contributed by atoms with E-state index in [4.69, 9.17) is 11.5 Å². The lowest BCUT2D eigenvalue weighted by Crippen LogP contribution is -2.22. The number of rotatable bonds is 0. The second-order valence-electron chi connectivity index (χ2n) is 6.94.